The fraction of sp³-hybridized carbons (Fsp3) is 0.273. The molecule has 0 radical (unpaired) electrons. The number of nitrogens with zero attached hydrogens (tertiary/aromatic N) is 1. The molecule has 1 saturated heterocycles. The van der Waals surface area contributed by atoms with Gasteiger partial charge in [-0.2, -0.15) is 0 Å². The van der Waals surface area contributed by atoms with Gasteiger partial charge in [0.2, 0.25) is 10.0 Å². The van der Waals surface area contributed by atoms with Gasteiger partial charge in [0.1, 0.15) is 0 Å². The standard InChI is InChI=1S/C22H22ClN3O2S/c23-16-7-9-17(10-8-16)29(27,28)25-21-18-5-1-3-15-4-2-6-19(20(15)18)22(21)26-13-11-24-12-14-26/h1-10,21-22,24-25H,11-14H2/t21-,22+/m1/s1. The molecule has 0 unspecified atom stereocenters. The molecule has 3 aromatic carbocycles. The molecule has 1 aliphatic carbocycles. The number of rotatable bonds is 4. The van der Waals surface area contributed by atoms with Crippen LogP contribution in [0.2, 0.25) is 5.02 Å². The minimum atomic E-state index is -3.70. The number of sulfonamides is 1. The van der Waals surface area contributed by atoms with Crippen LogP contribution in [0.5, 0.6) is 0 Å². The summed E-state index contributed by atoms with van der Waals surface area (Å²) in [5.41, 5.74) is 2.24. The van der Waals surface area contributed by atoms with Crippen molar-refractivity contribution in [3.8, 4) is 0 Å². The summed E-state index contributed by atoms with van der Waals surface area (Å²) in [6, 6.07) is 18.4. The summed E-state index contributed by atoms with van der Waals surface area (Å²) in [5.74, 6) is 0. The molecule has 7 heteroatoms. The average Bonchev–Trinajstić information content (AvgIpc) is 3.04. The van der Waals surface area contributed by atoms with E-state index in [1.807, 2.05) is 12.1 Å². The van der Waals surface area contributed by atoms with E-state index >= 15 is 0 Å². The van der Waals surface area contributed by atoms with Crippen LogP contribution in [0.4, 0.5) is 0 Å². The largest absolute Gasteiger partial charge is 0.314 e. The Morgan fingerprint density at radius 2 is 1.59 bits per heavy atom. The van der Waals surface area contributed by atoms with E-state index in [0.29, 0.717) is 5.02 Å². The van der Waals surface area contributed by atoms with Crippen molar-refractivity contribution in [2.75, 3.05) is 26.2 Å². The molecule has 0 saturated carbocycles. The molecule has 0 amide bonds. The molecule has 2 aliphatic rings. The Morgan fingerprint density at radius 3 is 2.28 bits per heavy atom. The first kappa shape index (κ1) is 19.0. The minimum absolute atomic E-state index is 0.0275. The molecule has 150 valence electrons. The van der Waals surface area contributed by atoms with E-state index in [9.17, 15) is 8.42 Å². The second-order valence-electron chi connectivity index (χ2n) is 7.58. The first-order valence-electron chi connectivity index (χ1n) is 9.79. The zero-order chi connectivity index (χ0) is 20.0. The van der Waals surface area contributed by atoms with Crippen LogP contribution in [0.3, 0.4) is 0 Å². The van der Waals surface area contributed by atoms with E-state index in [-0.39, 0.29) is 17.0 Å². The minimum Gasteiger partial charge on any atom is -0.314 e. The lowest BCUT2D eigenvalue weighted by Gasteiger charge is -2.37. The van der Waals surface area contributed by atoms with Crippen molar-refractivity contribution in [2.24, 2.45) is 0 Å². The lowest BCUT2D eigenvalue weighted by atomic mass is 10.0. The van der Waals surface area contributed by atoms with Gasteiger partial charge in [0.15, 0.2) is 0 Å². The number of hydrogen-bond donors (Lipinski definition) is 2. The van der Waals surface area contributed by atoms with E-state index in [1.54, 1.807) is 24.3 Å². The Hall–Kier alpha value is -1.96. The second-order valence-corrected chi connectivity index (χ2v) is 9.73. The highest BCUT2D eigenvalue weighted by Crippen LogP contribution is 2.47. The zero-order valence-corrected chi connectivity index (χ0v) is 17.4. The molecule has 3 aromatic rings. The van der Waals surface area contributed by atoms with Crippen LogP contribution in [0, 0.1) is 0 Å². The highest BCUT2D eigenvalue weighted by Gasteiger charge is 2.40. The highest BCUT2D eigenvalue weighted by atomic mass is 35.5. The van der Waals surface area contributed by atoms with Crippen molar-refractivity contribution in [1.82, 2.24) is 14.9 Å². The maximum atomic E-state index is 13.2. The topological polar surface area (TPSA) is 61.4 Å². The molecule has 5 nitrogen and oxygen atoms in total. The Morgan fingerprint density at radius 1 is 0.931 bits per heavy atom. The van der Waals surface area contributed by atoms with E-state index in [0.717, 1.165) is 37.1 Å². The van der Waals surface area contributed by atoms with Gasteiger partial charge < -0.3 is 5.32 Å². The summed E-state index contributed by atoms with van der Waals surface area (Å²) in [7, 11) is -3.70. The number of halogens is 1. The molecule has 1 fully saturated rings. The third kappa shape index (κ3) is 3.35. The van der Waals surface area contributed by atoms with Crippen LogP contribution in [0.25, 0.3) is 10.8 Å². The van der Waals surface area contributed by atoms with Gasteiger partial charge in [-0.3, -0.25) is 4.90 Å². The van der Waals surface area contributed by atoms with Crippen molar-refractivity contribution in [3.63, 3.8) is 0 Å². The molecule has 2 atom stereocenters. The van der Waals surface area contributed by atoms with Gasteiger partial charge in [0.25, 0.3) is 0 Å². The van der Waals surface area contributed by atoms with E-state index < -0.39 is 10.0 Å². The molecule has 2 N–H and O–H groups in total. The summed E-state index contributed by atoms with van der Waals surface area (Å²) in [5, 5.41) is 6.22. The molecule has 1 aliphatic heterocycles. The molecule has 0 spiro atoms. The van der Waals surface area contributed by atoms with Crippen LogP contribution in [-0.2, 0) is 10.0 Å². The zero-order valence-electron chi connectivity index (χ0n) is 15.8. The van der Waals surface area contributed by atoms with Crippen molar-refractivity contribution >= 4 is 32.4 Å². The van der Waals surface area contributed by atoms with Gasteiger partial charge in [0.05, 0.1) is 17.0 Å². The molecule has 29 heavy (non-hydrogen) atoms. The summed E-state index contributed by atoms with van der Waals surface area (Å²) in [6.07, 6.45) is 0. The molecule has 5 rings (SSSR count). The van der Waals surface area contributed by atoms with Crippen molar-refractivity contribution in [1.29, 1.82) is 0 Å². The summed E-state index contributed by atoms with van der Waals surface area (Å²) in [4.78, 5) is 2.62. The molecule has 0 bridgehead atoms. The van der Waals surface area contributed by atoms with Gasteiger partial charge in [-0.1, -0.05) is 48.0 Å². The van der Waals surface area contributed by atoms with Gasteiger partial charge in [-0.05, 0) is 46.2 Å². The fourth-order valence-electron chi connectivity index (χ4n) is 4.60. The van der Waals surface area contributed by atoms with Crippen LogP contribution in [0.1, 0.15) is 23.2 Å². The summed E-state index contributed by atoms with van der Waals surface area (Å²) >= 11 is 5.94. The third-order valence-electron chi connectivity index (χ3n) is 5.89. The molecule has 1 heterocycles. The highest BCUT2D eigenvalue weighted by molar-refractivity contribution is 7.89. The lowest BCUT2D eigenvalue weighted by molar-refractivity contribution is 0.152. The van der Waals surface area contributed by atoms with Gasteiger partial charge >= 0.3 is 0 Å². The van der Waals surface area contributed by atoms with Gasteiger partial charge in [-0.25, -0.2) is 13.1 Å². The maximum Gasteiger partial charge on any atom is 0.241 e. The van der Waals surface area contributed by atoms with Crippen LogP contribution >= 0.6 is 11.6 Å². The Balaban J connectivity index is 1.60. The predicted octanol–water partition coefficient (Wildman–Crippen LogP) is 3.47. The van der Waals surface area contributed by atoms with Crippen molar-refractivity contribution in [3.05, 3.63) is 76.8 Å². The molecular formula is C22H22ClN3O2S. The average molecular weight is 428 g/mol. The monoisotopic (exact) mass is 427 g/mol. The van der Waals surface area contributed by atoms with Crippen molar-refractivity contribution in [2.45, 2.75) is 17.0 Å². The first-order valence-corrected chi connectivity index (χ1v) is 11.6. The quantitative estimate of drug-likeness (QED) is 0.669. The van der Waals surface area contributed by atoms with Gasteiger partial charge in [0, 0.05) is 31.2 Å². The van der Waals surface area contributed by atoms with Crippen LogP contribution < -0.4 is 10.0 Å². The Kier molecular flexibility index (Phi) is 4.84. The number of nitrogens with one attached hydrogen (secondary N) is 2. The number of piperazine rings is 1. The van der Waals surface area contributed by atoms with E-state index in [1.165, 1.54) is 10.9 Å². The Labute approximate surface area is 175 Å². The first-order chi connectivity index (χ1) is 14.0. The normalized spacial score (nSPS) is 22.2. The lowest BCUT2D eigenvalue weighted by Crippen LogP contribution is -2.48. The van der Waals surface area contributed by atoms with E-state index in [4.69, 9.17) is 11.6 Å². The Bertz CT molecular complexity index is 1150. The van der Waals surface area contributed by atoms with Crippen LogP contribution in [-0.4, -0.2) is 39.5 Å². The number of benzene rings is 3. The number of hydrogen-bond acceptors (Lipinski definition) is 4. The fourth-order valence-corrected chi connectivity index (χ4v) is 5.95. The van der Waals surface area contributed by atoms with Crippen LogP contribution in [0.15, 0.2) is 65.6 Å². The van der Waals surface area contributed by atoms with Crippen molar-refractivity contribution < 1.29 is 8.42 Å². The smallest absolute Gasteiger partial charge is 0.241 e. The molecular weight excluding hydrogens is 406 g/mol. The maximum absolute atomic E-state index is 13.2. The summed E-state index contributed by atoms with van der Waals surface area (Å²) < 4.78 is 29.4. The third-order valence-corrected chi connectivity index (χ3v) is 7.60. The van der Waals surface area contributed by atoms with Gasteiger partial charge in [-0.15, -0.1) is 0 Å². The predicted molar refractivity (Wildman–Crippen MR) is 116 cm³/mol. The summed E-state index contributed by atoms with van der Waals surface area (Å²) in [6.45, 7) is 3.57. The van der Waals surface area contributed by atoms with E-state index in [2.05, 4.69) is 39.2 Å². The second kappa shape index (κ2) is 7.38. The molecule has 0 aromatic heterocycles. The SMILES string of the molecule is O=S(=O)(N[C@@H]1c2cccc3cccc(c23)[C@@H]1N1CCNCC1)c1ccc(Cl)cc1.